The third-order valence-electron chi connectivity index (χ3n) is 5.00. The van der Waals surface area contributed by atoms with E-state index in [4.69, 9.17) is 4.74 Å². The third-order valence-corrected chi connectivity index (χ3v) is 5.82. The van der Waals surface area contributed by atoms with Gasteiger partial charge in [0, 0.05) is 25.7 Å². The smallest absolute Gasteiger partial charge is 0.267 e. The van der Waals surface area contributed by atoms with E-state index in [9.17, 15) is 4.79 Å². The Balaban J connectivity index is 1.63. The summed E-state index contributed by atoms with van der Waals surface area (Å²) in [6, 6.07) is 0.587. The van der Waals surface area contributed by atoms with Crippen LogP contribution in [0.1, 0.15) is 41.0 Å². The molecule has 0 aromatic carbocycles. The molecule has 0 saturated carbocycles. The lowest BCUT2D eigenvalue weighted by atomic mass is 9.82. The highest BCUT2D eigenvalue weighted by molar-refractivity contribution is 7.07. The van der Waals surface area contributed by atoms with Crippen molar-refractivity contribution in [2.75, 3.05) is 33.8 Å². The minimum Gasteiger partial charge on any atom is -0.375 e. The van der Waals surface area contributed by atoms with Crippen LogP contribution in [0.25, 0.3) is 0 Å². The van der Waals surface area contributed by atoms with Crippen LogP contribution in [0.15, 0.2) is 0 Å². The molecule has 1 spiro atoms. The molecule has 6 nitrogen and oxygen atoms in total. The normalized spacial score (nSPS) is 24.9. The van der Waals surface area contributed by atoms with Crippen molar-refractivity contribution in [3.63, 3.8) is 0 Å². The van der Waals surface area contributed by atoms with Crippen LogP contribution in [-0.4, -0.2) is 70.7 Å². The quantitative estimate of drug-likeness (QED) is 0.826. The molecule has 2 aliphatic heterocycles. The highest BCUT2D eigenvalue weighted by Crippen LogP contribution is 2.36. The Labute approximate surface area is 135 Å². The molecule has 1 aromatic rings. The molecule has 122 valence electrons. The van der Waals surface area contributed by atoms with Crippen molar-refractivity contribution in [1.29, 1.82) is 0 Å². The van der Waals surface area contributed by atoms with E-state index in [1.165, 1.54) is 11.5 Å². The summed E-state index contributed by atoms with van der Waals surface area (Å²) < 4.78 is 10.0. The Kier molecular flexibility index (Phi) is 4.47. The molecule has 7 heteroatoms. The van der Waals surface area contributed by atoms with Crippen LogP contribution in [0, 0.1) is 6.92 Å². The van der Waals surface area contributed by atoms with E-state index >= 15 is 0 Å². The second-order valence-corrected chi connectivity index (χ2v) is 7.38. The van der Waals surface area contributed by atoms with Crippen molar-refractivity contribution >= 4 is 17.4 Å². The van der Waals surface area contributed by atoms with Gasteiger partial charge in [-0.05, 0) is 58.2 Å². The Hall–Kier alpha value is -1.05. The van der Waals surface area contributed by atoms with Crippen LogP contribution >= 0.6 is 11.5 Å². The van der Waals surface area contributed by atoms with Gasteiger partial charge in [-0.1, -0.05) is 4.49 Å². The zero-order valence-electron chi connectivity index (χ0n) is 13.5. The minimum atomic E-state index is -0.0367. The van der Waals surface area contributed by atoms with Crippen molar-refractivity contribution in [1.82, 2.24) is 19.4 Å². The molecule has 3 heterocycles. The summed E-state index contributed by atoms with van der Waals surface area (Å²) in [5, 5.41) is 3.94. The number of amides is 1. The van der Waals surface area contributed by atoms with Crippen molar-refractivity contribution < 1.29 is 9.53 Å². The summed E-state index contributed by atoms with van der Waals surface area (Å²) in [7, 11) is 4.28. The van der Waals surface area contributed by atoms with Crippen LogP contribution < -0.4 is 0 Å². The molecule has 1 atom stereocenters. The molecule has 0 N–H and O–H groups in total. The van der Waals surface area contributed by atoms with Crippen LogP contribution in [-0.2, 0) is 4.74 Å². The highest BCUT2D eigenvalue weighted by atomic mass is 32.1. The van der Waals surface area contributed by atoms with Gasteiger partial charge in [0.25, 0.3) is 5.91 Å². The Morgan fingerprint density at radius 2 is 2.14 bits per heavy atom. The van der Waals surface area contributed by atoms with Gasteiger partial charge in [0.15, 0.2) is 0 Å². The molecule has 0 unspecified atom stereocenters. The van der Waals surface area contributed by atoms with E-state index in [1.54, 1.807) is 0 Å². The van der Waals surface area contributed by atoms with Gasteiger partial charge in [0.1, 0.15) is 4.88 Å². The number of piperidine rings is 1. The number of carbonyl (C=O) groups excluding carboxylic acids is 1. The van der Waals surface area contributed by atoms with E-state index in [0.717, 1.165) is 51.1 Å². The molecule has 22 heavy (non-hydrogen) atoms. The summed E-state index contributed by atoms with van der Waals surface area (Å²) >= 11 is 1.19. The molecule has 2 aliphatic rings. The first-order chi connectivity index (χ1) is 10.5. The molecule has 0 radical (unpaired) electrons. The summed E-state index contributed by atoms with van der Waals surface area (Å²) in [6.07, 6.45) is 4.02. The first-order valence-electron chi connectivity index (χ1n) is 7.89. The maximum absolute atomic E-state index is 12.5. The van der Waals surface area contributed by atoms with Crippen molar-refractivity contribution in [2.45, 2.75) is 44.2 Å². The fraction of sp³-hybridized carbons (Fsp3) is 0.800. The topological polar surface area (TPSA) is 58.6 Å². The monoisotopic (exact) mass is 324 g/mol. The van der Waals surface area contributed by atoms with Gasteiger partial charge in [0.05, 0.1) is 11.3 Å². The van der Waals surface area contributed by atoms with Gasteiger partial charge < -0.3 is 14.5 Å². The van der Waals surface area contributed by atoms with Gasteiger partial charge in [0.2, 0.25) is 0 Å². The second-order valence-electron chi connectivity index (χ2n) is 6.62. The molecule has 3 rings (SSSR count). The number of aryl methyl sites for hydroxylation is 1. The predicted octanol–water partition coefficient (Wildman–Crippen LogP) is 1.56. The molecule has 1 amide bonds. The lowest BCUT2D eigenvalue weighted by molar-refractivity contribution is -0.125. The lowest BCUT2D eigenvalue weighted by Gasteiger charge is -2.47. The number of carbonyl (C=O) groups is 1. The zero-order valence-corrected chi connectivity index (χ0v) is 14.4. The first-order valence-corrected chi connectivity index (χ1v) is 8.67. The van der Waals surface area contributed by atoms with E-state index < -0.39 is 0 Å². The fourth-order valence-electron chi connectivity index (χ4n) is 3.48. The zero-order chi connectivity index (χ0) is 15.7. The maximum atomic E-state index is 12.5. The molecular formula is C15H24N4O2S. The summed E-state index contributed by atoms with van der Waals surface area (Å²) in [5.74, 6) is 0.0716. The lowest BCUT2D eigenvalue weighted by Crippen LogP contribution is -2.53. The number of ether oxygens (including phenoxy) is 1. The number of nitrogens with zero attached hydrogens (tertiary/aromatic N) is 4. The fourth-order valence-corrected chi connectivity index (χ4v) is 4.10. The molecule has 1 aromatic heterocycles. The summed E-state index contributed by atoms with van der Waals surface area (Å²) in [4.78, 5) is 17.4. The molecular weight excluding hydrogens is 300 g/mol. The van der Waals surface area contributed by atoms with Gasteiger partial charge in [-0.2, -0.15) is 0 Å². The number of hydrogen-bond donors (Lipinski definition) is 0. The van der Waals surface area contributed by atoms with Gasteiger partial charge in [-0.25, -0.2) is 0 Å². The Bertz CT molecular complexity index is 537. The van der Waals surface area contributed by atoms with Crippen LogP contribution in [0.2, 0.25) is 0 Å². The minimum absolute atomic E-state index is 0.0367. The van der Waals surface area contributed by atoms with Gasteiger partial charge in [-0.3, -0.25) is 4.79 Å². The van der Waals surface area contributed by atoms with E-state index in [1.807, 2.05) is 11.8 Å². The second kappa shape index (κ2) is 6.22. The van der Waals surface area contributed by atoms with Crippen LogP contribution in [0.5, 0.6) is 0 Å². The molecule has 2 fully saturated rings. The van der Waals surface area contributed by atoms with Crippen molar-refractivity contribution in [2.24, 2.45) is 0 Å². The standard InChI is InChI=1S/C15H24N4O2S/c1-11-13(22-17-16-11)14(20)19-7-5-15(6-8-19)10-12(18(2)3)4-9-21-15/h12H,4-10H2,1-3H3/t12-/m1/s1. The average molecular weight is 324 g/mol. The van der Waals surface area contributed by atoms with Gasteiger partial charge >= 0.3 is 0 Å². The number of aromatic nitrogens is 2. The average Bonchev–Trinajstić information content (AvgIpc) is 2.93. The molecule has 0 aliphatic carbocycles. The van der Waals surface area contributed by atoms with E-state index in [0.29, 0.717) is 10.9 Å². The SMILES string of the molecule is Cc1nnsc1C(=O)N1CCC2(CC1)C[C@H](N(C)C)CCO2. The van der Waals surface area contributed by atoms with Gasteiger partial charge in [-0.15, -0.1) is 5.10 Å². The third kappa shape index (κ3) is 3.02. The largest absolute Gasteiger partial charge is 0.375 e. The Morgan fingerprint density at radius 1 is 1.41 bits per heavy atom. The van der Waals surface area contributed by atoms with Crippen LogP contribution in [0.4, 0.5) is 0 Å². The van der Waals surface area contributed by atoms with Crippen LogP contribution in [0.3, 0.4) is 0 Å². The maximum Gasteiger partial charge on any atom is 0.267 e. The van der Waals surface area contributed by atoms with E-state index in [-0.39, 0.29) is 11.5 Å². The molecule has 2 saturated heterocycles. The van der Waals surface area contributed by atoms with E-state index in [2.05, 4.69) is 28.6 Å². The van der Waals surface area contributed by atoms with Crippen molar-refractivity contribution in [3.8, 4) is 0 Å². The molecule has 0 bridgehead atoms. The highest BCUT2D eigenvalue weighted by Gasteiger charge is 2.42. The number of likely N-dealkylation sites (tertiary alicyclic amines) is 1. The summed E-state index contributed by atoms with van der Waals surface area (Å²) in [5.41, 5.74) is 0.696. The predicted molar refractivity (Wildman–Crippen MR) is 85.2 cm³/mol. The first kappa shape index (κ1) is 15.8. The number of hydrogen-bond acceptors (Lipinski definition) is 6. The Morgan fingerprint density at radius 3 is 2.73 bits per heavy atom. The van der Waals surface area contributed by atoms with Crippen molar-refractivity contribution in [3.05, 3.63) is 10.6 Å². The summed E-state index contributed by atoms with van der Waals surface area (Å²) in [6.45, 7) is 4.19. The number of rotatable bonds is 2.